The molecular formula is C11H19N3. The summed E-state index contributed by atoms with van der Waals surface area (Å²) in [4.78, 5) is 0. The van der Waals surface area contributed by atoms with Gasteiger partial charge in [-0.1, -0.05) is 13.8 Å². The fourth-order valence-electron chi connectivity index (χ4n) is 2.03. The van der Waals surface area contributed by atoms with Crippen LogP contribution in [0.25, 0.3) is 0 Å². The highest BCUT2D eigenvalue weighted by atomic mass is 15.3. The Labute approximate surface area is 85.5 Å². The van der Waals surface area contributed by atoms with Crippen LogP contribution in [-0.4, -0.2) is 15.8 Å². The molecule has 3 heteroatoms. The monoisotopic (exact) mass is 193 g/mol. The third-order valence-corrected chi connectivity index (χ3v) is 3.18. The summed E-state index contributed by atoms with van der Waals surface area (Å²) in [6.45, 7) is 4.61. The summed E-state index contributed by atoms with van der Waals surface area (Å²) in [6, 6.07) is 2.68. The van der Waals surface area contributed by atoms with Crippen LogP contribution in [0.5, 0.6) is 0 Å². The lowest BCUT2D eigenvalue weighted by molar-refractivity contribution is 0.211. The lowest BCUT2D eigenvalue weighted by Gasteiger charge is -2.38. The first-order valence-corrected chi connectivity index (χ1v) is 5.41. The van der Waals surface area contributed by atoms with E-state index in [1.165, 1.54) is 12.8 Å². The molecule has 0 saturated heterocycles. The molecule has 0 aliphatic heterocycles. The number of aromatic nitrogens is 2. The molecule has 0 spiro atoms. The topological polar surface area (TPSA) is 29.9 Å². The molecule has 0 atom stereocenters. The number of nitrogens with one attached hydrogen (secondary N) is 1. The van der Waals surface area contributed by atoms with Crippen LogP contribution in [0.2, 0.25) is 0 Å². The van der Waals surface area contributed by atoms with E-state index in [2.05, 4.69) is 24.3 Å². The standard InChI is InChI=1S/C11H19N3/c1-8(2)9-6-10(7-9)12-11-4-5-14(3)13-11/h4-5,8-10H,6-7H2,1-3H3,(H,12,13). The van der Waals surface area contributed by atoms with E-state index in [1.807, 2.05) is 24.0 Å². The van der Waals surface area contributed by atoms with E-state index in [0.29, 0.717) is 6.04 Å². The van der Waals surface area contributed by atoms with E-state index < -0.39 is 0 Å². The molecule has 1 aliphatic carbocycles. The normalized spacial score (nSPS) is 26.3. The van der Waals surface area contributed by atoms with Gasteiger partial charge in [0.25, 0.3) is 0 Å². The van der Waals surface area contributed by atoms with Crippen molar-refractivity contribution in [3.8, 4) is 0 Å². The molecule has 3 nitrogen and oxygen atoms in total. The average Bonchev–Trinajstić information content (AvgIpc) is 2.42. The number of hydrogen-bond donors (Lipinski definition) is 1. The number of anilines is 1. The van der Waals surface area contributed by atoms with Crippen LogP contribution in [0, 0.1) is 11.8 Å². The lowest BCUT2D eigenvalue weighted by atomic mass is 9.74. The first-order chi connectivity index (χ1) is 6.65. The Hall–Kier alpha value is -0.990. The van der Waals surface area contributed by atoms with Crippen LogP contribution >= 0.6 is 0 Å². The minimum atomic E-state index is 0.650. The number of hydrogen-bond acceptors (Lipinski definition) is 2. The van der Waals surface area contributed by atoms with Crippen molar-refractivity contribution in [1.82, 2.24) is 9.78 Å². The first kappa shape index (κ1) is 9.56. The van der Waals surface area contributed by atoms with E-state index in [4.69, 9.17) is 0 Å². The third-order valence-electron chi connectivity index (χ3n) is 3.18. The molecule has 14 heavy (non-hydrogen) atoms. The van der Waals surface area contributed by atoms with Gasteiger partial charge in [-0.25, -0.2) is 0 Å². The van der Waals surface area contributed by atoms with Crippen molar-refractivity contribution in [3.63, 3.8) is 0 Å². The van der Waals surface area contributed by atoms with Crippen molar-refractivity contribution in [1.29, 1.82) is 0 Å². The number of aryl methyl sites for hydroxylation is 1. The van der Waals surface area contributed by atoms with Gasteiger partial charge in [0.1, 0.15) is 5.82 Å². The van der Waals surface area contributed by atoms with Gasteiger partial charge in [-0.15, -0.1) is 0 Å². The molecule has 0 unspecified atom stereocenters. The van der Waals surface area contributed by atoms with Crippen molar-refractivity contribution in [3.05, 3.63) is 12.3 Å². The van der Waals surface area contributed by atoms with Crippen molar-refractivity contribution in [2.75, 3.05) is 5.32 Å². The van der Waals surface area contributed by atoms with Gasteiger partial charge < -0.3 is 5.32 Å². The highest BCUT2D eigenvalue weighted by molar-refractivity contribution is 5.34. The lowest BCUT2D eigenvalue weighted by Crippen LogP contribution is -2.38. The highest BCUT2D eigenvalue weighted by Gasteiger charge is 2.31. The number of rotatable bonds is 3. The molecule has 78 valence electrons. The predicted octanol–water partition coefficient (Wildman–Crippen LogP) is 2.27. The first-order valence-electron chi connectivity index (χ1n) is 5.41. The molecule has 0 radical (unpaired) electrons. The van der Waals surface area contributed by atoms with Crippen molar-refractivity contribution >= 4 is 5.82 Å². The molecule has 1 aliphatic rings. The molecule has 1 heterocycles. The summed E-state index contributed by atoms with van der Waals surface area (Å²) in [7, 11) is 1.95. The maximum atomic E-state index is 4.31. The molecule has 0 aromatic carbocycles. The smallest absolute Gasteiger partial charge is 0.148 e. The molecule has 2 rings (SSSR count). The van der Waals surface area contributed by atoms with Crippen LogP contribution in [0.1, 0.15) is 26.7 Å². The highest BCUT2D eigenvalue weighted by Crippen LogP contribution is 2.35. The summed E-state index contributed by atoms with van der Waals surface area (Å²) in [6.07, 6.45) is 4.57. The Kier molecular flexibility index (Phi) is 2.48. The van der Waals surface area contributed by atoms with Gasteiger partial charge in [0.05, 0.1) is 0 Å². The largest absolute Gasteiger partial charge is 0.366 e. The molecule has 1 N–H and O–H groups in total. The molecular weight excluding hydrogens is 174 g/mol. The minimum absolute atomic E-state index is 0.650. The molecule has 1 fully saturated rings. The summed E-state index contributed by atoms with van der Waals surface area (Å²) in [5, 5.41) is 7.76. The van der Waals surface area contributed by atoms with Gasteiger partial charge in [-0.05, 0) is 24.7 Å². The van der Waals surface area contributed by atoms with E-state index in [0.717, 1.165) is 17.7 Å². The van der Waals surface area contributed by atoms with Gasteiger partial charge in [0, 0.05) is 25.4 Å². The van der Waals surface area contributed by atoms with Crippen LogP contribution in [-0.2, 0) is 7.05 Å². The molecule has 0 bridgehead atoms. The second kappa shape index (κ2) is 3.64. The zero-order valence-corrected chi connectivity index (χ0v) is 9.20. The summed E-state index contributed by atoms with van der Waals surface area (Å²) in [5.41, 5.74) is 0. The molecule has 0 amide bonds. The van der Waals surface area contributed by atoms with E-state index in [9.17, 15) is 0 Å². The maximum absolute atomic E-state index is 4.31. The quantitative estimate of drug-likeness (QED) is 0.798. The Balaban J connectivity index is 1.79. The molecule has 1 aromatic heterocycles. The summed E-state index contributed by atoms with van der Waals surface area (Å²) in [5.74, 6) is 2.76. The van der Waals surface area contributed by atoms with Gasteiger partial charge in [0.2, 0.25) is 0 Å². The third kappa shape index (κ3) is 1.91. The van der Waals surface area contributed by atoms with E-state index in [-0.39, 0.29) is 0 Å². The second-order valence-corrected chi connectivity index (χ2v) is 4.69. The van der Waals surface area contributed by atoms with Crippen molar-refractivity contribution in [2.24, 2.45) is 18.9 Å². The van der Waals surface area contributed by atoms with Crippen molar-refractivity contribution < 1.29 is 0 Å². The zero-order valence-electron chi connectivity index (χ0n) is 9.20. The van der Waals surface area contributed by atoms with Crippen LogP contribution < -0.4 is 5.32 Å². The van der Waals surface area contributed by atoms with E-state index >= 15 is 0 Å². The molecule has 1 saturated carbocycles. The Bertz CT molecular complexity index is 297. The number of nitrogens with zero attached hydrogens (tertiary/aromatic N) is 2. The SMILES string of the molecule is CC(C)C1CC(Nc2ccn(C)n2)C1. The molecule has 1 aromatic rings. The average molecular weight is 193 g/mol. The fourth-order valence-corrected chi connectivity index (χ4v) is 2.03. The van der Waals surface area contributed by atoms with Gasteiger partial charge in [-0.2, -0.15) is 5.10 Å². The Morgan fingerprint density at radius 2 is 2.21 bits per heavy atom. The minimum Gasteiger partial charge on any atom is -0.366 e. The van der Waals surface area contributed by atoms with Crippen molar-refractivity contribution in [2.45, 2.75) is 32.7 Å². The van der Waals surface area contributed by atoms with Gasteiger partial charge >= 0.3 is 0 Å². The van der Waals surface area contributed by atoms with Gasteiger partial charge in [0.15, 0.2) is 0 Å². The van der Waals surface area contributed by atoms with Crippen LogP contribution in [0.3, 0.4) is 0 Å². The Morgan fingerprint density at radius 1 is 1.50 bits per heavy atom. The maximum Gasteiger partial charge on any atom is 0.148 e. The fraction of sp³-hybridized carbons (Fsp3) is 0.727. The van der Waals surface area contributed by atoms with E-state index in [1.54, 1.807) is 0 Å². The Morgan fingerprint density at radius 3 is 2.71 bits per heavy atom. The predicted molar refractivity (Wildman–Crippen MR) is 58.2 cm³/mol. The van der Waals surface area contributed by atoms with Crippen LogP contribution in [0.4, 0.5) is 5.82 Å². The van der Waals surface area contributed by atoms with Crippen LogP contribution in [0.15, 0.2) is 12.3 Å². The summed E-state index contributed by atoms with van der Waals surface area (Å²) < 4.78 is 1.83. The second-order valence-electron chi connectivity index (χ2n) is 4.69. The van der Waals surface area contributed by atoms with Gasteiger partial charge in [-0.3, -0.25) is 4.68 Å². The summed E-state index contributed by atoms with van der Waals surface area (Å²) >= 11 is 0. The zero-order chi connectivity index (χ0) is 10.1.